The Morgan fingerprint density at radius 1 is 0.160 bits per heavy atom. The quantitative estimate of drug-likeness (QED) is 0.0882. The lowest BCUT2D eigenvalue weighted by molar-refractivity contribution is 1.28. The fourth-order valence-electron chi connectivity index (χ4n) is 8.83. The molecule has 24 bridgehead atoms. The standard InChI is InChI=1S/3C20H14N4.3ClH/c3*1-2-14-10-16-5-6-18(23-16)12-20-8-7-19(24-20)11-17-4-3-15(22-17)9-13(1)21-14;;;/h3*1-12,21-22H;3*1H. The van der Waals surface area contributed by atoms with Crippen LogP contribution in [-0.2, 0) is 0 Å². The third-order valence-corrected chi connectivity index (χ3v) is 12.1. The fourth-order valence-corrected chi connectivity index (χ4v) is 8.83. The van der Waals surface area contributed by atoms with E-state index in [0.717, 1.165) is 135 Å². The maximum Gasteiger partial charge on any atom is 0.0659 e. The van der Waals surface area contributed by atoms with Crippen molar-refractivity contribution in [3.05, 3.63) is 214 Å². The van der Waals surface area contributed by atoms with Crippen molar-refractivity contribution in [3.63, 3.8) is 0 Å². The van der Waals surface area contributed by atoms with Crippen LogP contribution in [-0.4, -0.2) is 59.8 Å². The van der Waals surface area contributed by atoms with Crippen LogP contribution in [0.5, 0.6) is 0 Å². The Balaban J connectivity index is 0.000000126. The van der Waals surface area contributed by atoms with Crippen molar-refractivity contribution in [1.82, 2.24) is 59.8 Å². The lowest BCUT2D eigenvalue weighted by atomic mass is 10.3. The molecule has 366 valence electrons. The van der Waals surface area contributed by atoms with Gasteiger partial charge in [0.05, 0.1) is 68.3 Å². The van der Waals surface area contributed by atoms with E-state index >= 15 is 0 Å². The second kappa shape index (κ2) is 21.4. The largest absolute Gasteiger partial charge is 0.355 e. The summed E-state index contributed by atoms with van der Waals surface area (Å²) in [5.41, 5.74) is 23.6. The summed E-state index contributed by atoms with van der Waals surface area (Å²) in [6.45, 7) is 0. The van der Waals surface area contributed by atoms with E-state index in [0.29, 0.717) is 0 Å². The Morgan fingerprint density at radius 2 is 0.280 bits per heavy atom. The molecule has 0 saturated heterocycles. The van der Waals surface area contributed by atoms with E-state index in [4.69, 9.17) is 0 Å². The van der Waals surface area contributed by atoms with E-state index < -0.39 is 0 Å². The zero-order valence-corrected chi connectivity index (χ0v) is 42.1. The summed E-state index contributed by atoms with van der Waals surface area (Å²) in [6.07, 6.45) is 24.1. The molecule has 9 aromatic heterocycles. The maximum absolute atomic E-state index is 4.62. The number of nitrogens with one attached hydrogen (secondary N) is 6. The van der Waals surface area contributed by atoms with E-state index in [2.05, 4.69) is 151 Å². The first-order valence-corrected chi connectivity index (χ1v) is 23.5. The molecule has 6 N–H and O–H groups in total. The van der Waals surface area contributed by atoms with Gasteiger partial charge in [-0.1, -0.05) is 0 Å². The van der Waals surface area contributed by atoms with Crippen LogP contribution in [0.4, 0.5) is 0 Å². The molecule has 0 saturated carbocycles. The van der Waals surface area contributed by atoms with Gasteiger partial charge in [0, 0.05) is 66.2 Å². The second-order valence-electron chi connectivity index (χ2n) is 17.7. The Bertz CT molecular complexity index is 3670. The minimum atomic E-state index is 0. The van der Waals surface area contributed by atoms with Crippen molar-refractivity contribution in [2.24, 2.45) is 0 Å². The molecule has 0 aliphatic carbocycles. The molecule has 9 aromatic rings. The Morgan fingerprint density at radius 3 is 0.427 bits per heavy atom. The molecule has 15 heterocycles. The third kappa shape index (κ3) is 11.8. The summed E-state index contributed by atoms with van der Waals surface area (Å²) in [4.78, 5) is 48.1. The summed E-state index contributed by atoms with van der Waals surface area (Å²) in [5, 5.41) is 0. The van der Waals surface area contributed by atoms with E-state index in [-0.39, 0.29) is 37.2 Å². The number of aromatic amines is 6. The summed E-state index contributed by atoms with van der Waals surface area (Å²) < 4.78 is 0. The minimum Gasteiger partial charge on any atom is -0.355 e. The molecule has 0 radical (unpaired) electrons. The van der Waals surface area contributed by atoms with Crippen LogP contribution in [0.25, 0.3) is 139 Å². The number of hydrogen-bond donors (Lipinski definition) is 6. The van der Waals surface area contributed by atoms with Gasteiger partial charge < -0.3 is 29.9 Å². The van der Waals surface area contributed by atoms with Gasteiger partial charge in [-0.15, -0.1) is 37.2 Å². The normalized spacial score (nSPS) is 12.2. The summed E-state index contributed by atoms with van der Waals surface area (Å²) in [7, 11) is 0. The highest BCUT2D eigenvalue weighted by Gasteiger charge is 2.06. The lowest BCUT2D eigenvalue weighted by Crippen LogP contribution is -1.77. The predicted molar refractivity (Wildman–Crippen MR) is 318 cm³/mol. The molecule has 0 aromatic carbocycles. The highest BCUT2D eigenvalue weighted by Crippen LogP contribution is 2.21. The average Bonchev–Trinajstić information content (AvgIpc) is 4.18. The molecule has 6 aliphatic rings. The topological polar surface area (TPSA) is 172 Å². The third-order valence-electron chi connectivity index (χ3n) is 12.1. The summed E-state index contributed by atoms with van der Waals surface area (Å²) >= 11 is 0. The smallest absolute Gasteiger partial charge is 0.0659 e. The van der Waals surface area contributed by atoms with E-state index in [1.165, 1.54) is 0 Å². The first-order chi connectivity index (χ1) is 35.4. The van der Waals surface area contributed by atoms with Crippen molar-refractivity contribution < 1.29 is 0 Å². The van der Waals surface area contributed by atoms with Crippen molar-refractivity contribution in [2.75, 3.05) is 0 Å². The Labute approximate surface area is 447 Å². The van der Waals surface area contributed by atoms with Crippen LogP contribution in [0.3, 0.4) is 0 Å². The van der Waals surface area contributed by atoms with Crippen LogP contribution < -0.4 is 0 Å². The molecule has 0 unspecified atom stereocenters. The highest BCUT2D eigenvalue weighted by molar-refractivity contribution is 5.86. The molecule has 0 fully saturated rings. The average molecular weight is 1040 g/mol. The Kier molecular flexibility index (Phi) is 14.1. The number of halogens is 3. The van der Waals surface area contributed by atoms with Gasteiger partial charge in [0.1, 0.15) is 0 Å². The van der Waals surface area contributed by atoms with Crippen LogP contribution in [0, 0.1) is 0 Å². The molecule has 15 heteroatoms. The monoisotopic (exact) mass is 1040 g/mol. The van der Waals surface area contributed by atoms with Gasteiger partial charge in [-0.25, -0.2) is 29.9 Å². The molecular formula is C60H45Cl3N12. The zero-order valence-electron chi connectivity index (χ0n) is 39.7. The van der Waals surface area contributed by atoms with E-state index in [9.17, 15) is 0 Å². The lowest BCUT2D eigenvalue weighted by Gasteiger charge is -1.86. The Hall–Kier alpha value is -9.33. The molecular weight excluding hydrogens is 995 g/mol. The van der Waals surface area contributed by atoms with Crippen molar-refractivity contribution in [1.29, 1.82) is 0 Å². The molecule has 15 rings (SSSR count). The van der Waals surface area contributed by atoms with Crippen LogP contribution >= 0.6 is 37.2 Å². The second-order valence-corrected chi connectivity index (χ2v) is 17.7. The van der Waals surface area contributed by atoms with Crippen LogP contribution in [0.15, 0.2) is 146 Å². The molecule has 6 aliphatic heterocycles. The van der Waals surface area contributed by atoms with Gasteiger partial charge in [0.25, 0.3) is 0 Å². The van der Waals surface area contributed by atoms with Crippen molar-refractivity contribution in [2.45, 2.75) is 0 Å². The molecule has 75 heavy (non-hydrogen) atoms. The fraction of sp³-hybridized carbons (Fsp3) is 0. The first-order valence-electron chi connectivity index (χ1n) is 23.5. The van der Waals surface area contributed by atoms with Crippen LogP contribution in [0.2, 0.25) is 0 Å². The highest BCUT2D eigenvalue weighted by atomic mass is 35.5. The van der Waals surface area contributed by atoms with Gasteiger partial charge >= 0.3 is 0 Å². The molecule has 0 spiro atoms. The van der Waals surface area contributed by atoms with E-state index in [1.54, 1.807) is 0 Å². The number of H-pyrrole nitrogens is 6. The van der Waals surface area contributed by atoms with Gasteiger partial charge in [0.15, 0.2) is 0 Å². The SMILES string of the molecule is C1=Cc2cc3ccc(cc4ccc(cc5nc(cc1n2)C=C5)[nH]4)[nH]3.C1=Cc2cc3ccc(cc4ccc(cc5nc(cc1n2)C=C5)[nH]4)[nH]3.C1=Cc2cc3ccc(cc4ccc(cc5nc(cc1n2)C=C5)[nH]4)[nH]3.Cl.Cl.Cl. The predicted octanol–water partition coefficient (Wildman–Crippen LogP) is 15.2. The van der Waals surface area contributed by atoms with E-state index in [1.807, 2.05) is 128 Å². The van der Waals surface area contributed by atoms with Crippen molar-refractivity contribution >= 4 is 176 Å². The van der Waals surface area contributed by atoms with Gasteiger partial charge in [-0.05, 0) is 219 Å². The van der Waals surface area contributed by atoms with Gasteiger partial charge in [0.2, 0.25) is 0 Å². The van der Waals surface area contributed by atoms with Crippen LogP contribution in [0.1, 0.15) is 68.3 Å². The molecule has 12 nitrogen and oxygen atoms in total. The van der Waals surface area contributed by atoms with Gasteiger partial charge in [-0.2, -0.15) is 0 Å². The molecule has 0 amide bonds. The zero-order chi connectivity index (χ0) is 47.8. The minimum absolute atomic E-state index is 0. The van der Waals surface area contributed by atoms with Crippen molar-refractivity contribution in [3.8, 4) is 0 Å². The summed E-state index contributed by atoms with van der Waals surface area (Å²) in [5.74, 6) is 0. The number of aromatic nitrogens is 12. The number of rotatable bonds is 0. The number of nitrogens with zero attached hydrogens (tertiary/aromatic N) is 6. The molecule has 0 atom stereocenters. The summed E-state index contributed by atoms with van der Waals surface area (Å²) in [6, 6.07) is 49.2. The number of hydrogen-bond acceptors (Lipinski definition) is 6. The maximum atomic E-state index is 4.62. The van der Waals surface area contributed by atoms with Gasteiger partial charge in [-0.3, -0.25) is 0 Å². The number of fused-ring (bicyclic) bond motifs is 24. The first kappa shape index (κ1) is 49.3.